The highest BCUT2D eigenvalue weighted by atomic mass is 19.4. The lowest BCUT2D eigenvalue weighted by atomic mass is 9.81. The van der Waals surface area contributed by atoms with Crippen molar-refractivity contribution in [2.75, 3.05) is 4.90 Å². The average Bonchev–Trinajstić information content (AvgIpc) is 3.52. The van der Waals surface area contributed by atoms with E-state index in [1.807, 2.05) is 0 Å². The first kappa shape index (κ1) is 31.4. The fourth-order valence-electron chi connectivity index (χ4n) is 6.14. The lowest BCUT2D eigenvalue weighted by Gasteiger charge is -2.38. The van der Waals surface area contributed by atoms with Crippen molar-refractivity contribution in [1.29, 1.82) is 0 Å². The Bertz CT molecular complexity index is 1470. The Kier molecular flexibility index (Phi) is 9.50. The van der Waals surface area contributed by atoms with Crippen LogP contribution in [0.3, 0.4) is 0 Å². The van der Waals surface area contributed by atoms with E-state index in [0.29, 0.717) is 31.6 Å². The average molecular weight is 618 g/mol. The van der Waals surface area contributed by atoms with Crippen LogP contribution < -0.4 is 9.64 Å². The topological polar surface area (TPSA) is 110 Å². The summed E-state index contributed by atoms with van der Waals surface area (Å²) in [5, 5.41) is 18.0. The molecule has 0 unspecified atom stereocenters. The van der Waals surface area contributed by atoms with Gasteiger partial charge in [0.1, 0.15) is 5.56 Å². The number of carbonyl (C=O) groups excluding carboxylic acids is 1. The molecule has 0 bridgehead atoms. The number of amides is 1. The zero-order valence-electron chi connectivity index (χ0n) is 24.4. The Morgan fingerprint density at radius 1 is 1.02 bits per heavy atom. The van der Waals surface area contributed by atoms with Crippen LogP contribution in [0.2, 0.25) is 0 Å². The molecular weight excluding hydrogens is 582 g/mol. The fraction of sp³-hybridized carbons (Fsp3) is 0.516. The molecule has 1 aromatic carbocycles. The number of aromatic carboxylic acids is 1. The molecular formula is C31H35F4N5O4. The first-order valence-corrected chi connectivity index (χ1v) is 15.0. The Hall–Kier alpha value is -4.03. The Morgan fingerprint density at radius 2 is 1.70 bits per heavy atom. The van der Waals surface area contributed by atoms with Crippen molar-refractivity contribution >= 4 is 17.6 Å². The van der Waals surface area contributed by atoms with Crippen LogP contribution in [0.15, 0.2) is 36.8 Å². The lowest BCUT2D eigenvalue weighted by Crippen LogP contribution is -2.46. The smallest absolute Gasteiger partial charge is 0.421 e. The number of hydrogen-bond acceptors (Lipinski definition) is 6. The van der Waals surface area contributed by atoms with Gasteiger partial charge in [-0.3, -0.25) is 4.79 Å². The normalized spacial score (nSPS) is 19.5. The van der Waals surface area contributed by atoms with Crippen molar-refractivity contribution in [2.45, 2.75) is 89.9 Å². The molecule has 9 nitrogen and oxygen atoms in total. The van der Waals surface area contributed by atoms with E-state index >= 15 is 4.39 Å². The number of aryl methyl sites for hydroxylation is 2. The van der Waals surface area contributed by atoms with E-state index in [4.69, 9.17) is 4.74 Å². The quantitative estimate of drug-likeness (QED) is 0.256. The minimum Gasteiger partial charge on any atom is -0.478 e. The first-order valence-electron chi connectivity index (χ1n) is 15.0. The van der Waals surface area contributed by atoms with E-state index in [1.54, 1.807) is 0 Å². The number of rotatable bonds is 9. The second kappa shape index (κ2) is 13.3. The van der Waals surface area contributed by atoms with Gasteiger partial charge in [0, 0.05) is 30.3 Å². The summed E-state index contributed by atoms with van der Waals surface area (Å²) in [6.45, 7) is 2.34. The molecule has 2 fully saturated rings. The van der Waals surface area contributed by atoms with E-state index in [2.05, 4.69) is 22.1 Å². The number of aromatic nitrogens is 4. The van der Waals surface area contributed by atoms with Crippen LogP contribution in [0.5, 0.6) is 11.6 Å². The molecule has 2 saturated carbocycles. The molecule has 13 heteroatoms. The van der Waals surface area contributed by atoms with Gasteiger partial charge in [0.25, 0.3) is 0 Å². The fourth-order valence-corrected chi connectivity index (χ4v) is 6.14. The van der Waals surface area contributed by atoms with Crippen molar-refractivity contribution < 1.29 is 37.0 Å². The van der Waals surface area contributed by atoms with Crippen molar-refractivity contribution in [3.63, 3.8) is 0 Å². The Morgan fingerprint density at radius 3 is 2.34 bits per heavy atom. The molecule has 44 heavy (non-hydrogen) atoms. The maximum absolute atomic E-state index is 15.7. The molecule has 3 aromatic rings. The summed E-state index contributed by atoms with van der Waals surface area (Å²) in [6, 6.07) is 2.29. The van der Waals surface area contributed by atoms with Gasteiger partial charge >= 0.3 is 12.1 Å². The van der Waals surface area contributed by atoms with Gasteiger partial charge in [-0.05, 0) is 62.5 Å². The number of benzene rings is 1. The minimum atomic E-state index is -4.89. The van der Waals surface area contributed by atoms with Gasteiger partial charge in [0.2, 0.25) is 11.8 Å². The second-order valence-electron chi connectivity index (χ2n) is 11.7. The molecule has 2 aromatic heterocycles. The number of hydrogen-bond donors (Lipinski definition) is 1. The largest absolute Gasteiger partial charge is 0.478 e. The summed E-state index contributed by atoms with van der Waals surface area (Å²) >= 11 is 0. The molecule has 0 spiro atoms. The van der Waals surface area contributed by atoms with Crippen molar-refractivity contribution in [3.8, 4) is 11.6 Å². The highest BCUT2D eigenvalue weighted by Gasteiger charge is 2.38. The number of pyridine rings is 1. The van der Waals surface area contributed by atoms with Gasteiger partial charge in [-0.25, -0.2) is 14.2 Å². The summed E-state index contributed by atoms with van der Waals surface area (Å²) in [4.78, 5) is 33.0. The third-order valence-corrected chi connectivity index (χ3v) is 8.57. The summed E-state index contributed by atoms with van der Waals surface area (Å²) in [7, 11) is 0. The molecule has 1 N–H and O–H groups in total. The summed E-state index contributed by atoms with van der Waals surface area (Å²) in [5.74, 6) is -4.26. The third-order valence-electron chi connectivity index (χ3n) is 8.57. The van der Waals surface area contributed by atoms with Crippen LogP contribution in [-0.2, 0) is 23.9 Å². The molecule has 5 rings (SSSR count). The molecule has 0 saturated heterocycles. The van der Waals surface area contributed by atoms with Gasteiger partial charge in [0.05, 0.1) is 30.2 Å². The zero-order chi connectivity index (χ0) is 31.4. The number of carboxylic acid groups (broad SMARTS) is 1. The van der Waals surface area contributed by atoms with E-state index in [1.165, 1.54) is 28.3 Å². The highest BCUT2D eigenvalue weighted by Crippen LogP contribution is 2.41. The minimum absolute atomic E-state index is 0.107. The lowest BCUT2D eigenvalue weighted by molar-refractivity contribution is -0.139. The number of carboxylic acids is 1. The van der Waals surface area contributed by atoms with E-state index in [9.17, 15) is 27.9 Å². The van der Waals surface area contributed by atoms with Gasteiger partial charge in [0.15, 0.2) is 11.6 Å². The van der Waals surface area contributed by atoms with E-state index in [0.717, 1.165) is 50.3 Å². The van der Waals surface area contributed by atoms with Gasteiger partial charge in [-0.2, -0.15) is 28.2 Å². The van der Waals surface area contributed by atoms with Crippen LogP contribution in [0.1, 0.15) is 86.2 Å². The summed E-state index contributed by atoms with van der Waals surface area (Å²) < 4.78 is 63.1. The molecule has 0 radical (unpaired) electrons. The van der Waals surface area contributed by atoms with Crippen molar-refractivity contribution in [3.05, 3.63) is 59.3 Å². The number of carbonyl (C=O) groups is 2. The Balaban J connectivity index is 1.48. The van der Waals surface area contributed by atoms with Gasteiger partial charge < -0.3 is 14.7 Å². The maximum atomic E-state index is 15.7. The van der Waals surface area contributed by atoms with Gasteiger partial charge in [-0.1, -0.05) is 26.2 Å². The van der Waals surface area contributed by atoms with Gasteiger partial charge in [-0.15, -0.1) is 0 Å². The SMILES string of the molecule is CC1CCC(C(=O)N(c2cc(F)c(Oc3ncc(CCn4nccn4)cc3C(F)(F)F)cc2C(=O)O)C2CCCCC2)CC1. The maximum Gasteiger partial charge on any atom is 0.421 e. The van der Waals surface area contributed by atoms with Crippen LogP contribution in [0.25, 0.3) is 0 Å². The number of ether oxygens (including phenoxy) is 1. The first-order chi connectivity index (χ1) is 21.0. The highest BCUT2D eigenvalue weighted by molar-refractivity contribution is 6.03. The number of alkyl halides is 3. The second-order valence-corrected chi connectivity index (χ2v) is 11.7. The monoisotopic (exact) mass is 617 g/mol. The summed E-state index contributed by atoms with van der Waals surface area (Å²) in [6.07, 6.45) is 6.36. The van der Waals surface area contributed by atoms with Crippen LogP contribution in [-0.4, -0.2) is 43.0 Å². The van der Waals surface area contributed by atoms with Crippen LogP contribution >= 0.6 is 0 Å². The van der Waals surface area contributed by atoms with Crippen LogP contribution in [0, 0.1) is 17.7 Å². The molecule has 236 valence electrons. The summed E-state index contributed by atoms with van der Waals surface area (Å²) in [5.41, 5.74) is -1.55. The van der Waals surface area contributed by atoms with E-state index < -0.39 is 40.7 Å². The molecule has 0 atom stereocenters. The van der Waals surface area contributed by atoms with Crippen molar-refractivity contribution in [2.24, 2.45) is 11.8 Å². The van der Waals surface area contributed by atoms with Crippen LogP contribution in [0.4, 0.5) is 23.2 Å². The molecule has 2 aliphatic carbocycles. The standard InChI is InChI=1S/C31H35F4N5O4/c1-19-7-9-21(10-8-19)29(41)40(22-5-3-2-4-6-22)26-17-25(32)27(16-23(26)30(42)43)44-28-24(31(33,34)35)15-20(18-36-28)11-14-39-37-12-13-38-39/h12-13,15-19,21-22H,2-11,14H2,1H3,(H,42,43). The number of anilines is 1. The molecule has 2 aliphatic rings. The predicted molar refractivity (Wildman–Crippen MR) is 152 cm³/mol. The third kappa shape index (κ3) is 7.19. The van der Waals surface area contributed by atoms with E-state index in [-0.39, 0.29) is 42.1 Å². The van der Waals surface area contributed by atoms with Crippen molar-refractivity contribution in [1.82, 2.24) is 20.0 Å². The number of halogens is 4. The molecule has 2 heterocycles. The zero-order valence-corrected chi connectivity index (χ0v) is 24.4. The Labute approximate surface area is 252 Å². The molecule has 1 amide bonds. The number of nitrogens with zero attached hydrogens (tertiary/aromatic N) is 5. The molecule has 0 aliphatic heterocycles. The predicted octanol–water partition coefficient (Wildman–Crippen LogP) is 7.06.